The number of benzene rings is 2. The van der Waals surface area contributed by atoms with Crippen molar-refractivity contribution in [2.45, 2.75) is 33.2 Å². The maximum absolute atomic E-state index is 13.1. The predicted molar refractivity (Wildman–Crippen MR) is 119 cm³/mol. The van der Waals surface area contributed by atoms with Gasteiger partial charge in [0.25, 0.3) is 5.91 Å². The summed E-state index contributed by atoms with van der Waals surface area (Å²) in [6.07, 6.45) is 1.60. The van der Waals surface area contributed by atoms with Crippen LogP contribution in [0.5, 0.6) is 11.5 Å². The van der Waals surface area contributed by atoms with E-state index in [2.05, 4.69) is 5.10 Å². The average molecular weight is 418 g/mol. The number of aryl methyl sites for hydroxylation is 2. The van der Waals surface area contributed by atoms with E-state index in [1.807, 2.05) is 62.4 Å². The fraction of sp³-hybridized carbons (Fsp3) is 0.320. The molecule has 1 aliphatic rings. The Morgan fingerprint density at radius 3 is 2.48 bits per heavy atom. The number of hydrogen-bond acceptors (Lipinski definition) is 4. The van der Waals surface area contributed by atoms with Gasteiger partial charge >= 0.3 is 0 Å². The van der Waals surface area contributed by atoms with Crippen molar-refractivity contribution in [2.24, 2.45) is 5.92 Å². The number of para-hydroxylation sites is 1. The van der Waals surface area contributed by atoms with Gasteiger partial charge in [-0.3, -0.25) is 14.3 Å². The number of likely N-dealkylation sites (tertiary alicyclic amines) is 1. The van der Waals surface area contributed by atoms with Crippen LogP contribution in [0.4, 0.5) is 0 Å². The SMILES string of the molecule is CCn1nc(C)cc1C(=O)N1CCCC(C(=O)c2ccc(Oc3ccccc3)cc2)C1. The van der Waals surface area contributed by atoms with Crippen molar-refractivity contribution in [2.75, 3.05) is 13.1 Å². The first-order valence-electron chi connectivity index (χ1n) is 10.8. The minimum absolute atomic E-state index is 0.0495. The van der Waals surface area contributed by atoms with Gasteiger partial charge < -0.3 is 9.64 Å². The summed E-state index contributed by atoms with van der Waals surface area (Å²) >= 11 is 0. The Morgan fingerprint density at radius 1 is 1.06 bits per heavy atom. The summed E-state index contributed by atoms with van der Waals surface area (Å²) < 4.78 is 7.54. The second-order valence-electron chi connectivity index (χ2n) is 7.88. The van der Waals surface area contributed by atoms with Crippen LogP contribution in [0, 0.1) is 12.8 Å². The fourth-order valence-corrected chi connectivity index (χ4v) is 4.04. The monoisotopic (exact) mass is 417 g/mol. The van der Waals surface area contributed by atoms with Gasteiger partial charge in [-0.1, -0.05) is 18.2 Å². The van der Waals surface area contributed by atoms with Crippen LogP contribution in [0.1, 0.15) is 46.3 Å². The van der Waals surface area contributed by atoms with Gasteiger partial charge in [0.05, 0.1) is 5.69 Å². The summed E-state index contributed by atoms with van der Waals surface area (Å²) in [4.78, 5) is 28.0. The molecule has 1 atom stereocenters. The number of aromatic nitrogens is 2. The Kier molecular flexibility index (Phi) is 6.16. The number of Topliss-reactive ketones (excluding diaryl/α,β-unsaturated/α-hetero) is 1. The van der Waals surface area contributed by atoms with Crippen LogP contribution < -0.4 is 4.74 Å². The Bertz CT molecular complexity index is 1060. The zero-order valence-electron chi connectivity index (χ0n) is 18.0. The molecule has 6 nitrogen and oxygen atoms in total. The van der Waals surface area contributed by atoms with Crippen molar-refractivity contribution in [3.63, 3.8) is 0 Å². The normalized spacial score (nSPS) is 16.2. The first-order valence-corrected chi connectivity index (χ1v) is 10.8. The molecule has 31 heavy (non-hydrogen) atoms. The van der Waals surface area contributed by atoms with Crippen molar-refractivity contribution in [3.05, 3.63) is 77.6 Å². The van der Waals surface area contributed by atoms with E-state index in [0.717, 1.165) is 24.3 Å². The Hall–Kier alpha value is -3.41. The third-order valence-electron chi connectivity index (χ3n) is 5.62. The van der Waals surface area contributed by atoms with E-state index in [1.54, 1.807) is 21.7 Å². The number of nitrogens with zero attached hydrogens (tertiary/aromatic N) is 3. The predicted octanol–water partition coefficient (Wildman–Crippen LogP) is 4.74. The molecule has 0 bridgehead atoms. The first kappa shape index (κ1) is 20.8. The molecule has 1 aromatic heterocycles. The topological polar surface area (TPSA) is 64.4 Å². The van der Waals surface area contributed by atoms with E-state index < -0.39 is 0 Å². The van der Waals surface area contributed by atoms with Gasteiger partial charge in [0.1, 0.15) is 17.2 Å². The molecule has 0 N–H and O–H groups in total. The van der Waals surface area contributed by atoms with Crippen LogP contribution >= 0.6 is 0 Å². The molecule has 3 aromatic rings. The Balaban J connectivity index is 1.43. The number of carbonyl (C=O) groups is 2. The van der Waals surface area contributed by atoms with Crippen molar-refractivity contribution in [1.29, 1.82) is 0 Å². The number of carbonyl (C=O) groups excluding carboxylic acids is 2. The van der Waals surface area contributed by atoms with Gasteiger partial charge in [-0.2, -0.15) is 5.10 Å². The lowest BCUT2D eigenvalue weighted by atomic mass is 9.90. The first-order chi connectivity index (χ1) is 15.0. The van der Waals surface area contributed by atoms with E-state index in [4.69, 9.17) is 4.74 Å². The Morgan fingerprint density at radius 2 is 1.77 bits per heavy atom. The summed E-state index contributed by atoms with van der Waals surface area (Å²) in [5.41, 5.74) is 2.07. The maximum atomic E-state index is 13.1. The van der Waals surface area contributed by atoms with Crippen LogP contribution in [0.2, 0.25) is 0 Å². The van der Waals surface area contributed by atoms with Crippen molar-refractivity contribution < 1.29 is 14.3 Å². The maximum Gasteiger partial charge on any atom is 0.272 e. The molecule has 1 unspecified atom stereocenters. The second-order valence-corrected chi connectivity index (χ2v) is 7.88. The van der Waals surface area contributed by atoms with Crippen LogP contribution in [0.3, 0.4) is 0 Å². The molecule has 1 amide bonds. The van der Waals surface area contributed by atoms with Gasteiger partial charge in [0.2, 0.25) is 0 Å². The minimum Gasteiger partial charge on any atom is -0.457 e. The lowest BCUT2D eigenvalue weighted by Crippen LogP contribution is -2.43. The van der Waals surface area contributed by atoms with E-state index in [0.29, 0.717) is 36.6 Å². The summed E-state index contributed by atoms with van der Waals surface area (Å²) in [5, 5.41) is 4.38. The lowest BCUT2D eigenvalue weighted by Gasteiger charge is -2.32. The van der Waals surface area contributed by atoms with Crippen molar-refractivity contribution >= 4 is 11.7 Å². The minimum atomic E-state index is -0.197. The number of amides is 1. The Labute approximate surface area is 182 Å². The molecule has 1 aliphatic heterocycles. The molecule has 2 aromatic carbocycles. The molecule has 6 heteroatoms. The van der Waals surface area contributed by atoms with E-state index in [9.17, 15) is 9.59 Å². The second kappa shape index (κ2) is 9.16. The third-order valence-corrected chi connectivity index (χ3v) is 5.62. The van der Waals surface area contributed by atoms with Gasteiger partial charge in [-0.25, -0.2) is 0 Å². The zero-order chi connectivity index (χ0) is 21.8. The molecule has 0 spiro atoms. The molecule has 0 saturated carbocycles. The molecular formula is C25H27N3O3. The van der Waals surface area contributed by atoms with Crippen LogP contribution in [-0.2, 0) is 6.54 Å². The molecule has 0 aliphatic carbocycles. The highest BCUT2D eigenvalue weighted by Gasteiger charge is 2.30. The number of ketones is 1. The highest BCUT2D eigenvalue weighted by Crippen LogP contribution is 2.25. The summed E-state index contributed by atoms with van der Waals surface area (Å²) in [6.45, 7) is 5.60. The summed E-state index contributed by atoms with van der Waals surface area (Å²) in [7, 11) is 0. The fourth-order valence-electron chi connectivity index (χ4n) is 4.04. The van der Waals surface area contributed by atoms with Crippen molar-refractivity contribution in [3.8, 4) is 11.5 Å². The largest absolute Gasteiger partial charge is 0.457 e. The quantitative estimate of drug-likeness (QED) is 0.544. The van der Waals surface area contributed by atoms with Gasteiger partial charge in [0, 0.05) is 31.1 Å². The van der Waals surface area contributed by atoms with Gasteiger partial charge in [0.15, 0.2) is 5.78 Å². The standard InChI is InChI=1S/C25H27N3O3/c1-3-28-23(16-18(2)26-28)25(30)27-15-7-8-20(17-27)24(29)19-11-13-22(14-12-19)31-21-9-5-4-6-10-21/h4-6,9-14,16,20H,3,7-8,15,17H2,1-2H3. The molecule has 4 rings (SSSR count). The highest BCUT2D eigenvalue weighted by atomic mass is 16.5. The van der Waals surface area contributed by atoms with Crippen LogP contribution in [-0.4, -0.2) is 39.5 Å². The number of piperidine rings is 1. The van der Waals surface area contributed by atoms with E-state index >= 15 is 0 Å². The smallest absolute Gasteiger partial charge is 0.272 e. The number of rotatable bonds is 6. The zero-order valence-corrected chi connectivity index (χ0v) is 18.0. The molecule has 160 valence electrons. The molecule has 0 radical (unpaired) electrons. The van der Waals surface area contributed by atoms with Gasteiger partial charge in [-0.15, -0.1) is 0 Å². The lowest BCUT2D eigenvalue weighted by molar-refractivity contribution is 0.0627. The highest BCUT2D eigenvalue weighted by molar-refractivity contribution is 5.99. The van der Waals surface area contributed by atoms with Crippen LogP contribution in [0.25, 0.3) is 0 Å². The molecule has 2 heterocycles. The van der Waals surface area contributed by atoms with Crippen molar-refractivity contribution in [1.82, 2.24) is 14.7 Å². The van der Waals surface area contributed by atoms with E-state index in [1.165, 1.54) is 0 Å². The van der Waals surface area contributed by atoms with Gasteiger partial charge in [-0.05, 0) is 69.2 Å². The summed E-state index contributed by atoms with van der Waals surface area (Å²) in [5.74, 6) is 1.27. The number of hydrogen-bond donors (Lipinski definition) is 0. The third kappa shape index (κ3) is 4.68. The summed E-state index contributed by atoms with van der Waals surface area (Å²) in [6, 6.07) is 18.6. The van der Waals surface area contributed by atoms with Crippen LogP contribution in [0.15, 0.2) is 60.7 Å². The molecular weight excluding hydrogens is 390 g/mol. The average Bonchev–Trinajstić information content (AvgIpc) is 3.20. The number of ether oxygens (including phenoxy) is 1. The van der Waals surface area contributed by atoms with E-state index in [-0.39, 0.29) is 17.6 Å². The molecule has 1 saturated heterocycles. The molecule has 1 fully saturated rings.